The SMILES string of the molecule is CCn1c(-c2nc(C)nn2C(F)F)nc2c1CN([C@H]1CO[C@H](c3cc(F)ccc3F)[C@@H](N)C1)C2. The minimum absolute atomic E-state index is 0.0401. The number of nitrogens with two attached hydrogens (primary N) is 1. The molecule has 182 valence electrons. The van der Waals surface area contributed by atoms with Crippen LogP contribution in [0.25, 0.3) is 11.6 Å². The average Bonchev–Trinajstić information content (AvgIpc) is 3.47. The third kappa shape index (κ3) is 3.89. The van der Waals surface area contributed by atoms with Crippen LogP contribution < -0.4 is 5.73 Å². The van der Waals surface area contributed by atoms with Crippen molar-refractivity contribution in [1.82, 2.24) is 29.2 Å². The molecule has 0 spiro atoms. The van der Waals surface area contributed by atoms with Gasteiger partial charge in [0.2, 0.25) is 0 Å². The lowest BCUT2D eigenvalue weighted by Crippen LogP contribution is -2.47. The van der Waals surface area contributed by atoms with Crippen molar-refractivity contribution in [3.63, 3.8) is 0 Å². The minimum atomic E-state index is -2.82. The highest BCUT2D eigenvalue weighted by Gasteiger charge is 2.38. The number of aryl methyl sites for hydroxylation is 1. The maximum Gasteiger partial charge on any atom is 0.335 e. The summed E-state index contributed by atoms with van der Waals surface area (Å²) < 4.78 is 63.1. The number of halogens is 4. The Balaban J connectivity index is 1.34. The van der Waals surface area contributed by atoms with Crippen LogP contribution in [0.4, 0.5) is 17.6 Å². The Morgan fingerprint density at radius 3 is 2.68 bits per heavy atom. The number of nitrogens with zero attached hydrogens (tertiary/aromatic N) is 6. The van der Waals surface area contributed by atoms with E-state index in [1.165, 1.54) is 0 Å². The quantitative estimate of drug-likeness (QED) is 0.565. The topological polar surface area (TPSA) is 87.0 Å². The molecule has 2 aromatic heterocycles. The molecule has 4 heterocycles. The number of fused-ring (bicyclic) bond motifs is 1. The molecule has 5 rings (SSSR count). The molecule has 3 atom stereocenters. The summed E-state index contributed by atoms with van der Waals surface area (Å²) in [5.41, 5.74) is 8.15. The summed E-state index contributed by atoms with van der Waals surface area (Å²) in [4.78, 5) is 11.0. The summed E-state index contributed by atoms with van der Waals surface area (Å²) in [7, 11) is 0. The molecule has 0 saturated carbocycles. The van der Waals surface area contributed by atoms with Gasteiger partial charge >= 0.3 is 6.55 Å². The summed E-state index contributed by atoms with van der Waals surface area (Å²) in [6.07, 6.45) is -0.196. The number of imidazole rings is 1. The second-order valence-corrected chi connectivity index (χ2v) is 8.66. The van der Waals surface area contributed by atoms with Crippen LogP contribution in [0.5, 0.6) is 0 Å². The van der Waals surface area contributed by atoms with Gasteiger partial charge in [-0.1, -0.05) is 0 Å². The van der Waals surface area contributed by atoms with Crippen molar-refractivity contribution in [1.29, 1.82) is 0 Å². The van der Waals surface area contributed by atoms with Gasteiger partial charge in [0.15, 0.2) is 11.6 Å². The molecule has 0 radical (unpaired) electrons. The maximum absolute atomic E-state index is 14.2. The van der Waals surface area contributed by atoms with Gasteiger partial charge in [0.25, 0.3) is 0 Å². The third-order valence-corrected chi connectivity index (χ3v) is 6.48. The zero-order valence-corrected chi connectivity index (χ0v) is 18.8. The van der Waals surface area contributed by atoms with Gasteiger partial charge in [-0.05, 0) is 38.5 Å². The highest BCUT2D eigenvalue weighted by Crippen LogP contribution is 2.35. The average molecular weight is 479 g/mol. The zero-order chi connectivity index (χ0) is 24.1. The van der Waals surface area contributed by atoms with E-state index in [2.05, 4.69) is 20.0 Å². The van der Waals surface area contributed by atoms with Gasteiger partial charge in [-0.2, -0.15) is 18.6 Å². The fraction of sp³-hybridized carbons (Fsp3) is 0.500. The third-order valence-electron chi connectivity index (χ3n) is 6.48. The van der Waals surface area contributed by atoms with E-state index in [0.717, 1.165) is 29.6 Å². The molecule has 2 N–H and O–H groups in total. The molecule has 34 heavy (non-hydrogen) atoms. The number of aromatic nitrogens is 5. The van der Waals surface area contributed by atoms with Crippen LogP contribution in [0, 0.1) is 18.6 Å². The van der Waals surface area contributed by atoms with Gasteiger partial charge in [-0.3, -0.25) is 4.90 Å². The molecule has 0 unspecified atom stereocenters. The summed E-state index contributed by atoms with van der Waals surface area (Å²) >= 11 is 0. The Morgan fingerprint density at radius 2 is 1.97 bits per heavy atom. The van der Waals surface area contributed by atoms with Crippen LogP contribution in [-0.2, 0) is 24.4 Å². The number of alkyl halides is 2. The monoisotopic (exact) mass is 479 g/mol. The lowest BCUT2D eigenvalue weighted by Gasteiger charge is -2.38. The molecule has 8 nitrogen and oxygen atoms in total. The summed E-state index contributed by atoms with van der Waals surface area (Å²) in [6.45, 7) is 2.53. The molecule has 1 aromatic carbocycles. The van der Waals surface area contributed by atoms with Crippen LogP contribution in [0.1, 0.15) is 48.8 Å². The van der Waals surface area contributed by atoms with Gasteiger partial charge in [-0.15, -0.1) is 0 Å². The number of benzene rings is 1. The molecule has 1 fully saturated rings. The standard InChI is InChI=1S/C22H25F4N7O/c1-3-32-18-9-31(8-17(18)29-20(32)21-28-11(2)30-33(21)22(25)26)13-7-16(27)19(34-10-13)14-6-12(23)4-5-15(14)24/h4-6,13,16,19,22H,3,7-10,27H2,1-2H3/t13-,16+,19-/m1/s1. The number of hydrogen-bond acceptors (Lipinski definition) is 6. The molecular formula is C22H25F4N7O. The number of rotatable bonds is 5. The van der Waals surface area contributed by atoms with Gasteiger partial charge in [0, 0.05) is 37.3 Å². The van der Waals surface area contributed by atoms with Crippen molar-refractivity contribution in [2.24, 2.45) is 5.73 Å². The van der Waals surface area contributed by atoms with Crippen molar-refractivity contribution in [2.45, 2.75) is 64.6 Å². The smallest absolute Gasteiger partial charge is 0.335 e. The predicted molar refractivity (Wildman–Crippen MR) is 114 cm³/mol. The lowest BCUT2D eigenvalue weighted by molar-refractivity contribution is -0.0535. The van der Waals surface area contributed by atoms with Crippen molar-refractivity contribution in [2.75, 3.05) is 6.61 Å². The van der Waals surface area contributed by atoms with Crippen molar-refractivity contribution >= 4 is 0 Å². The maximum atomic E-state index is 14.2. The van der Waals surface area contributed by atoms with E-state index in [1.807, 2.05) is 11.5 Å². The molecule has 0 bridgehead atoms. The first-order valence-electron chi connectivity index (χ1n) is 11.1. The van der Waals surface area contributed by atoms with Gasteiger partial charge < -0.3 is 15.0 Å². The molecule has 3 aromatic rings. The van der Waals surface area contributed by atoms with Crippen LogP contribution in [0.15, 0.2) is 18.2 Å². The van der Waals surface area contributed by atoms with E-state index in [1.54, 1.807) is 6.92 Å². The molecule has 0 amide bonds. The highest BCUT2D eigenvalue weighted by molar-refractivity contribution is 5.48. The van der Waals surface area contributed by atoms with E-state index in [4.69, 9.17) is 10.5 Å². The van der Waals surface area contributed by atoms with Crippen LogP contribution in [0.2, 0.25) is 0 Å². The molecule has 2 aliphatic rings. The predicted octanol–water partition coefficient (Wildman–Crippen LogP) is 3.32. The highest BCUT2D eigenvalue weighted by atomic mass is 19.3. The molecule has 1 saturated heterocycles. The Bertz CT molecular complexity index is 1210. The van der Waals surface area contributed by atoms with Crippen LogP contribution in [0.3, 0.4) is 0 Å². The summed E-state index contributed by atoms with van der Waals surface area (Å²) in [5.74, 6) is -0.430. The van der Waals surface area contributed by atoms with E-state index in [0.29, 0.717) is 43.2 Å². The van der Waals surface area contributed by atoms with Gasteiger partial charge in [-0.25, -0.2) is 18.7 Å². The fourth-order valence-corrected chi connectivity index (χ4v) is 4.92. The Morgan fingerprint density at radius 1 is 1.18 bits per heavy atom. The van der Waals surface area contributed by atoms with Crippen molar-refractivity contribution in [3.8, 4) is 11.6 Å². The zero-order valence-electron chi connectivity index (χ0n) is 18.8. The van der Waals surface area contributed by atoms with Crippen molar-refractivity contribution < 1.29 is 22.3 Å². The molecular weight excluding hydrogens is 454 g/mol. The normalized spacial score (nSPS) is 23.1. The van der Waals surface area contributed by atoms with E-state index in [-0.39, 0.29) is 23.3 Å². The summed E-state index contributed by atoms with van der Waals surface area (Å²) in [6, 6.07) is 2.71. The fourth-order valence-electron chi connectivity index (χ4n) is 4.92. The molecule has 0 aliphatic carbocycles. The van der Waals surface area contributed by atoms with E-state index in [9.17, 15) is 17.6 Å². The minimum Gasteiger partial charge on any atom is -0.370 e. The molecule has 12 heteroatoms. The Hall–Kier alpha value is -2.83. The molecule has 2 aliphatic heterocycles. The van der Waals surface area contributed by atoms with Gasteiger partial charge in [0.05, 0.1) is 18.0 Å². The number of hydrogen-bond donors (Lipinski definition) is 1. The van der Waals surface area contributed by atoms with Gasteiger partial charge in [0.1, 0.15) is 23.6 Å². The first-order valence-corrected chi connectivity index (χ1v) is 11.1. The van der Waals surface area contributed by atoms with Crippen molar-refractivity contribution in [3.05, 3.63) is 52.6 Å². The number of ether oxygens (including phenoxy) is 1. The van der Waals surface area contributed by atoms with Crippen LogP contribution in [-0.4, -0.2) is 47.9 Å². The van der Waals surface area contributed by atoms with Crippen LogP contribution >= 0.6 is 0 Å². The first kappa shape index (κ1) is 22.9. The van der Waals surface area contributed by atoms with E-state index < -0.39 is 30.3 Å². The second kappa shape index (κ2) is 8.75. The first-order chi connectivity index (χ1) is 16.3. The Kier molecular flexibility index (Phi) is 5.90. The van der Waals surface area contributed by atoms with E-state index >= 15 is 0 Å². The lowest BCUT2D eigenvalue weighted by atomic mass is 9.93. The second-order valence-electron chi connectivity index (χ2n) is 8.66. The summed E-state index contributed by atoms with van der Waals surface area (Å²) in [5, 5.41) is 3.80. The Labute approximate surface area is 193 Å². The largest absolute Gasteiger partial charge is 0.370 e.